The van der Waals surface area contributed by atoms with Crippen LogP contribution in [0.15, 0.2) is 42.5 Å². The Bertz CT molecular complexity index is 696. The normalized spacial score (nSPS) is 10.3. The van der Waals surface area contributed by atoms with Crippen LogP contribution in [-0.2, 0) is 4.79 Å². The first kappa shape index (κ1) is 15.7. The van der Waals surface area contributed by atoms with Gasteiger partial charge in [-0.3, -0.25) is 9.59 Å². The summed E-state index contributed by atoms with van der Waals surface area (Å²) in [5.74, 6) is -1.03. The lowest BCUT2D eigenvalue weighted by Gasteiger charge is -2.07. The van der Waals surface area contributed by atoms with Crippen molar-refractivity contribution in [1.29, 1.82) is 0 Å². The lowest BCUT2D eigenvalue weighted by atomic mass is 10.1. The van der Waals surface area contributed by atoms with Crippen molar-refractivity contribution in [2.45, 2.75) is 19.8 Å². The van der Waals surface area contributed by atoms with Crippen LogP contribution in [0.1, 0.15) is 28.8 Å². The molecule has 2 N–H and O–H groups in total. The molecule has 0 unspecified atom stereocenters. The van der Waals surface area contributed by atoms with Gasteiger partial charge < -0.3 is 10.4 Å². The quantitative estimate of drug-likeness (QED) is 0.656. The van der Waals surface area contributed by atoms with Crippen molar-refractivity contribution >= 4 is 17.4 Å². The lowest BCUT2D eigenvalue weighted by molar-refractivity contribution is -0.116. The third-order valence-corrected chi connectivity index (χ3v) is 3.17. The summed E-state index contributed by atoms with van der Waals surface area (Å²) in [5.41, 5.74) is 1.55. The second-order valence-electron chi connectivity index (χ2n) is 5.00. The van der Waals surface area contributed by atoms with Crippen LogP contribution >= 0.6 is 0 Å². The number of rotatable bonds is 5. The van der Waals surface area contributed by atoms with Gasteiger partial charge in [-0.25, -0.2) is 4.39 Å². The molecular weight excluding hydrogens is 285 g/mol. The maximum atomic E-state index is 12.8. The summed E-state index contributed by atoms with van der Waals surface area (Å²) in [6.07, 6.45) is 0.00755. The average Bonchev–Trinajstić information content (AvgIpc) is 2.48. The van der Waals surface area contributed by atoms with Crippen LogP contribution in [0.3, 0.4) is 0 Å². The molecule has 0 bridgehead atoms. The van der Waals surface area contributed by atoms with E-state index >= 15 is 0 Å². The second kappa shape index (κ2) is 6.85. The number of carbonyl (C=O) groups is 2. The maximum absolute atomic E-state index is 12.8. The maximum Gasteiger partial charge on any atom is 0.224 e. The molecule has 0 fully saturated rings. The van der Waals surface area contributed by atoms with Gasteiger partial charge in [0, 0.05) is 18.4 Å². The molecule has 1 amide bonds. The molecule has 2 aromatic carbocycles. The van der Waals surface area contributed by atoms with E-state index in [-0.39, 0.29) is 30.3 Å². The highest BCUT2D eigenvalue weighted by Gasteiger charge is 2.11. The van der Waals surface area contributed by atoms with E-state index in [1.165, 1.54) is 24.3 Å². The highest BCUT2D eigenvalue weighted by molar-refractivity contribution is 6.00. The van der Waals surface area contributed by atoms with Gasteiger partial charge in [0.2, 0.25) is 5.91 Å². The molecule has 0 aliphatic rings. The number of carbonyl (C=O) groups excluding carboxylic acids is 2. The second-order valence-corrected chi connectivity index (χ2v) is 5.00. The highest BCUT2D eigenvalue weighted by Crippen LogP contribution is 2.24. The summed E-state index contributed by atoms with van der Waals surface area (Å²) in [6, 6.07) is 10.1. The summed E-state index contributed by atoms with van der Waals surface area (Å²) in [4.78, 5) is 23.7. The Morgan fingerprint density at radius 3 is 2.41 bits per heavy atom. The first-order valence-electron chi connectivity index (χ1n) is 6.84. The van der Waals surface area contributed by atoms with Crippen molar-refractivity contribution in [2.75, 3.05) is 5.32 Å². The number of nitrogens with one attached hydrogen (secondary N) is 1. The van der Waals surface area contributed by atoms with Crippen LogP contribution in [0.25, 0.3) is 0 Å². The fourth-order valence-corrected chi connectivity index (χ4v) is 1.97. The number of benzene rings is 2. The van der Waals surface area contributed by atoms with Crippen molar-refractivity contribution in [3.63, 3.8) is 0 Å². The summed E-state index contributed by atoms with van der Waals surface area (Å²) in [5, 5.41) is 12.3. The Kier molecular flexibility index (Phi) is 4.88. The predicted octanol–water partition coefficient (Wildman–Crippen LogP) is 3.44. The van der Waals surface area contributed by atoms with Gasteiger partial charge in [0.25, 0.3) is 0 Å². The minimum atomic E-state index is -0.413. The predicted molar refractivity (Wildman–Crippen MR) is 81.4 cm³/mol. The summed E-state index contributed by atoms with van der Waals surface area (Å²) < 4.78 is 12.8. The molecule has 0 radical (unpaired) electrons. The van der Waals surface area contributed by atoms with Crippen LogP contribution < -0.4 is 5.32 Å². The zero-order valence-corrected chi connectivity index (χ0v) is 12.1. The molecule has 2 aromatic rings. The van der Waals surface area contributed by atoms with E-state index < -0.39 is 5.82 Å². The first-order chi connectivity index (χ1) is 10.5. The van der Waals surface area contributed by atoms with Crippen LogP contribution in [-0.4, -0.2) is 16.8 Å². The molecule has 0 aliphatic heterocycles. The largest absolute Gasteiger partial charge is 0.506 e. The molecule has 0 aliphatic carbocycles. The van der Waals surface area contributed by atoms with Gasteiger partial charge in [-0.05, 0) is 48.9 Å². The number of hydrogen-bond donors (Lipinski definition) is 2. The lowest BCUT2D eigenvalue weighted by Crippen LogP contribution is -2.13. The molecule has 5 heteroatoms. The van der Waals surface area contributed by atoms with Crippen LogP contribution in [0.2, 0.25) is 0 Å². The third kappa shape index (κ3) is 4.15. The zero-order chi connectivity index (χ0) is 16.1. The Labute approximate surface area is 127 Å². The van der Waals surface area contributed by atoms with Crippen molar-refractivity contribution < 1.29 is 19.1 Å². The molecule has 0 atom stereocenters. The van der Waals surface area contributed by atoms with E-state index in [0.717, 1.165) is 5.56 Å². The fraction of sp³-hybridized carbons (Fsp3) is 0.176. The molecule has 22 heavy (non-hydrogen) atoms. The van der Waals surface area contributed by atoms with E-state index in [0.29, 0.717) is 11.3 Å². The molecule has 114 valence electrons. The minimum absolute atomic E-state index is 0.0104. The Morgan fingerprint density at radius 2 is 1.77 bits per heavy atom. The van der Waals surface area contributed by atoms with Crippen molar-refractivity contribution in [1.82, 2.24) is 0 Å². The Morgan fingerprint density at radius 1 is 1.09 bits per heavy atom. The summed E-state index contributed by atoms with van der Waals surface area (Å²) >= 11 is 0. The number of phenols is 1. The molecule has 0 heterocycles. The van der Waals surface area contributed by atoms with E-state index in [4.69, 9.17) is 0 Å². The Hall–Kier alpha value is -2.69. The van der Waals surface area contributed by atoms with Gasteiger partial charge in [-0.15, -0.1) is 0 Å². The molecular formula is C17H16FNO3. The van der Waals surface area contributed by atoms with Gasteiger partial charge in [0.1, 0.15) is 11.6 Å². The molecule has 2 rings (SSSR count). The van der Waals surface area contributed by atoms with E-state index in [1.807, 2.05) is 6.92 Å². The van der Waals surface area contributed by atoms with Gasteiger partial charge in [-0.1, -0.05) is 6.07 Å². The highest BCUT2D eigenvalue weighted by atomic mass is 19.1. The monoisotopic (exact) mass is 301 g/mol. The molecule has 0 aromatic heterocycles. The molecule has 0 saturated heterocycles. The van der Waals surface area contributed by atoms with Gasteiger partial charge in [0.15, 0.2) is 5.78 Å². The fourth-order valence-electron chi connectivity index (χ4n) is 1.97. The number of amides is 1. The number of aryl methyl sites for hydroxylation is 1. The molecule has 0 spiro atoms. The van der Waals surface area contributed by atoms with Crippen LogP contribution in [0.4, 0.5) is 10.1 Å². The molecule has 4 nitrogen and oxygen atoms in total. The summed E-state index contributed by atoms with van der Waals surface area (Å²) in [7, 11) is 0. The SMILES string of the molecule is Cc1ccc(NC(=O)CCC(=O)c2ccc(F)cc2)c(O)c1. The zero-order valence-electron chi connectivity index (χ0n) is 12.1. The number of Topliss-reactive ketones (excluding diaryl/α,β-unsaturated/α-hetero) is 1. The van der Waals surface area contributed by atoms with E-state index in [2.05, 4.69) is 5.32 Å². The number of ketones is 1. The standard InChI is InChI=1S/C17H16FNO3/c1-11-2-7-14(16(21)10-11)19-17(22)9-8-15(20)12-3-5-13(18)6-4-12/h2-7,10,21H,8-9H2,1H3,(H,19,22). The van der Waals surface area contributed by atoms with Gasteiger partial charge >= 0.3 is 0 Å². The smallest absolute Gasteiger partial charge is 0.224 e. The average molecular weight is 301 g/mol. The van der Waals surface area contributed by atoms with Crippen molar-refractivity contribution in [3.05, 3.63) is 59.4 Å². The third-order valence-electron chi connectivity index (χ3n) is 3.17. The number of aromatic hydroxyl groups is 1. The van der Waals surface area contributed by atoms with Crippen molar-refractivity contribution in [2.24, 2.45) is 0 Å². The van der Waals surface area contributed by atoms with E-state index in [1.54, 1.807) is 18.2 Å². The number of phenolic OH excluding ortho intramolecular Hbond substituents is 1. The van der Waals surface area contributed by atoms with Crippen LogP contribution in [0, 0.1) is 12.7 Å². The van der Waals surface area contributed by atoms with Crippen LogP contribution in [0.5, 0.6) is 5.75 Å². The first-order valence-corrected chi connectivity index (χ1v) is 6.84. The van der Waals surface area contributed by atoms with Gasteiger partial charge in [-0.2, -0.15) is 0 Å². The number of halogens is 1. The Balaban J connectivity index is 1.89. The minimum Gasteiger partial charge on any atom is -0.506 e. The number of anilines is 1. The topological polar surface area (TPSA) is 66.4 Å². The summed E-state index contributed by atoms with van der Waals surface area (Å²) in [6.45, 7) is 1.83. The van der Waals surface area contributed by atoms with E-state index in [9.17, 15) is 19.1 Å². The number of hydrogen-bond acceptors (Lipinski definition) is 3. The molecule has 0 saturated carbocycles. The van der Waals surface area contributed by atoms with Gasteiger partial charge in [0.05, 0.1) is 5.69 Å². The van der Waals surface area contributed by atoms with Crippen molar-refractivity contribution in [3.8, 4) is 5.75 Å².